The number of thiophene rings is 1. The third-order valence-corrected chi connectivity index (χ3v) is 6.16. The van der Waals surface area contributed by atoms with Gasteiger partial charge in [-0.15, -0.1) is 11.3 Å². The first kappa shape index (κ1) is 22.1. The number of amides is 1. The Morgan fingerprint density at radius 1 is 1.11 bits per heavy atom. The summed E-state index contributed by atoms with van der Waals surface area (Å²) in [6.45, 7) is 5.28. The highest BCUT2D eigenvalue weighted by atomic mass is 32.2. The molecule has 28 heavy (non-hydrogen) atoms. The lowest BCUT2D eigenvalue weighted by Crippen LogP contribution is -2.40. The molecule has 7 nitrogen and oxygen atoms in total. The van der Waals surface area contributed by atoms with Gasteiger partial charge >= 0.3 is 5.97 Å². The average molecular weight is 425 g/mol. The molecule has 2 rings (SSSR count). The van der Waals surface area contributed by atoms with Crippen LogP contribution in [0.15, 0.2) is 46.7 Å². The third kappa shape index (κ3) is 7.06. The van der Waals surface area contributed by atoms with Gasteiger partial charge in [-0.25, -0.2) is 17.9 Å². The molecule has 0 unspecified atom stereocenters. The summed E-state index contributed by atoms with van der Waals surface area (Å²) in [6.07, 6.45) is 0.718. The number of nitrogens with one attached hydrogen (secondary N) is 2. The van der Waals surface area contributed by atoms with Gasteiger partial charge in [-0.2, -0.15) is 0 Å². The molecular formula is C19H24N2O5S2. The number of hydrogen-bond acceptors (Lipinski definition) is 6. The summed E-state index contributed by atoms with van der Waals surface area (Å²) >= 11 is 1.61. The van der Waals surface area contributed by atoms with Gasteiger partial charge in [0.2, 0.25) is 10.0 Å². The van der Waals surface area contributed by atoms with Crippen molar-refractivity contribution < 1.29 is 22.7 Å². The molecule has 9 heteroatoms. The van der Waals surface area contributed by atoms with Crippen LogP contribution in [0.2, 0.25) is 0 Å². The fourth-order valence-electron chi connectivity index (χ4n) is 2.28. The Balaban J connectivity index is 1.83. The zero-order valence-electron chi connectivity index (χ0n) is 16.0. The summed E-state index contributed by atoms with van der Waals surface area (Å²) in [5.41, 5.74) is -0.450. The van der Waals surface area contributed by atoms with Crippen molar-refractivity contribution in [3.8, 4) is 0 Å². The van der Waals surface area contributed by atoms with E-state index in [2.05, 4.69) is 10.0 Å². The van der Waals surface area contributed by atoms with Crippen molar-refractivity contribution in [2.45, 2.75) is 37.6 Å². The molecule has 0 saturated carbocycles. The lowest BCUT2D eigenvalue weighted by Gasteiger charge is -2.20. The van der Waals surface area contributed by atoms with E-state index in [0.29, 0.717) is 6.54 Å². The molecule has 0 aliphatic rings. The second-order valence-corrected chi connectivity index (χ2v) is 9.85. The van der Waals surface area contributed by atoms with Gasteiger partial charge in [-0.3, -0.25) is 4.79 Å². The van der Waals surface area contributed by atoms with E-state index in [1.54, 1.807) is 32.1 Å². The predicted octanol–water partition coefficient (Wildman–Crippen LogP) is 2.34. The molecule has 1 amide bonds. The van der Waals surface area contributed by atoms with Crippen LogP contribution in [-0.2, 0) is 26.0 Å². The minimum absolute atomic E-state index is 0.0466. The number of benzene rings is 1. The second kappa shape index (κ2) is 9.31. The molecule has 0 aliphatic carbocycles. The average Bonchev–Trinajstić information content (AvgIpc) is 3.11. The van der Waals surface area contributed by atoms with Crippen LogP contribution in [0.5, 0.6) is 0 Å². The topological polar surface area (TPSA) is 102 Å². The van der Waals surface area contributed by atoms with Gasteiger partial charge < -0.3 is 10.1 Å². The maximum Gasteiger partial charge on any atom is 0.338 e. The summed E-state index contributed by atoms with van der Waals surface area (Å²) in [4.78, 5) is 25.0. The summed E-state index contributed by atoms with van der Waals surface area (Å²) < 4.78 is 32.0. The summed E-state index contributed by atoms with van der Waals surface area (Å²) in [5, 5.41) is 4.65. The van der Waals surface area contributed by atoms with E-state index < -0.39 is 34.0 Å². The van der Waals surface area contributed by atoms with Crippen LogP contribution >= 0.6 is 11.3 Å². The Morgan fingerprint density at radius 2 is 1.79 bits per heavy atom. The van der Waals surface area contributed by atoms with E-state index in [-0.39, 0.29) is 10.5 Å². The Kier molecular flexibility index (Phi) is 7.34. The van der Waals surface area contributed by atoms with Crippen molar-refractivity contribution in [1.29, 1.82) is 0 Å². The quantitative estimate of drug-likeness (QED) is 0.634. The maximum atomic E-state index is 12.3. The standard InChI is InChI=1S/C19H24N2O5S2/c1-19(2,3)21-28(24,25)16-8-6-14(7-9-16)18(23)26-13-17(22)20-11-10-15-5-4-12-27-15/h4-9,12,21H,10-11,13H2,1-3H3,(H,20,22). The predicted molar refractivity (Wildman–Crippen MR) is 108 cm³/mol. The van der Waals surface area contributed by atoms with E-state index in [0.717, 1.165) is 11.3 Å². The van der Waals surface area contributed by atoms with E-state index in [9.17, 15) is 18.0 Å². The normalized spacial score (nSPS) is 11.8. The van der Waals surface area contributed by atoms with E-state index in [1.807, 2.05) is 17.5 Å². The zero-order valence-corrected chi connectivity index (χ0v) is 17.7. The van der Waals surface area contributed by atoms with Gasteiger partial charge in [0.15, 0.2) is 6.61 Å². The summed E-state index contributed by atoms with van der Waals surface area (Å²) in [7, 11) is -3.68. The molecule has 152 valence electrons. The fourth-order valence-corrected chi connectivity index (χ4v) is 4.40. The van der Waals surface area contributed by atoms with Crippen LogP contribution in [0.4, 0.5) is 0 Å². The van der Waals surface area contributed by atoms with Crippen LogP contribution in [0.1, 0.15) is 36.0 Å². The first-order valence-electron chi connectivity index (χ1n) is 8.67. The fraction of sp³-hybridized carbons (Fsp3) is 0.368. The van der Waals surface area contributed by atoms with Gasteiger partial charge in [0.1, 0.15) is 0 Å². The molecule has 1 heterocycles. The van der Waals surface area contributed by atoms with E-state index >= 15 is 0 Å². The molecule has 0 bridgehead atoms. The molecule has 2 aromatic rings. The molecule has 2 N–H and O–H groups in total. The van der Waals surface area contributed by atoms with Gasteiger partial charge in [-0.05, 0) is 62.9 Å². The molecule has 0 aliphatic heterocycles. The summed E-state index contributed by atoms with van der Waals surface area (Å²) in [5.74, 6) is -1.08. The monoisotopic (exact) mass is 424 g/mol. The zero-order chi connectivity index (χ0) is 20.8. The molecule has 1 aromatic carbocycles. The van der Waals surface area contributed by atoms with E-state index in [1.165, 1.54) is 24.3 Å². The smallest absolute Gasteiger partial charge is 0.338 e. The van der Waals surface area contributed by atoms with Crippen molar-refractivity contribution in [3.05, 3.63) is 52.2 Å². The Bertz CT molecular complexity index is 899. The molecule has 0 fully saturated rings. The van der Waals surface area contributed by atoms with Crippen LogP contribution in [-0.4, -0.2) is 39.0 Å². The highest BCUT2D eigenvalue weighted by Gasteiger charge is 2.22. The minimum Gasteiger partial charge on any atom is -0.452 e. The SMILES string of the molecule is CC(C)(C)NS(=O)(=O)c1ccc(C(=O)OCC(=O)NCCc2cccs2)cc1. The first-order valence-corrected chi connectivity index (χ1v) is 11.0. The van der Waals surface area contributed by atoms with Crippen molar-refractivity contribution >= 4 is 33.2 Å². The third-order valence-electron chi connectivity index (χ3n) is 3.45. The molecule has 1 aromatic heterocycles. The van der Waals surface area contributed by atoms with Gasteiger partial charge in [0, 0.05) is 17.0 Å². The molecular weight excluding hydrogens is 400 g/mol. The number of hydrogen-bond donors (Lipinski definition) is 2. The lowest BCUT2D eigenvalue weighted by molar-refractivity contribution is -0.124. The largest absolute Gasteiger partial charge is 0.452 e. The van der Waals surface area contributed by atoms with Gasteiger partial charge in [0.05, 0.1) is 10.5 Å². The number of carbonyl (C=O) groups is 2. The number of esters is 1. The number of sulfonamides is 1. The van der Waals surface area contributed by atoms with Crippen LogP contribution in [0.3, 0.4) is 0 Å². The van der Waals surface area contributed by atoms with Crippen LogP contribution in [0.25, 0.3) is 0 Å². The van der Waals surface area contributed by atoms with Crippen molar-refractivity contribution in [1.82, 2.24) is 10.0 Å². The molecule has 0 saturated heterocycles. The van der Waals surface area contributed by atoms with Crippen molar-refractivity contribution in [3.63, 3.8) is 0 Å². The molecule has 0 atom stereocenters. The minimum atomic E-state index is -3.68. The molecule has 0 radical (unpaired) electrons. The Hall–Kier alpha value is -2.23. The van der Waals surface area contributed by atoms with Crippen molar-refractivity contribution in [2.24, 2.45) is 0 Å². The Labute approximate surface area is 169 Å². The first-order chi connectivity index (χ1) is 13.1. The lowest BCUT2D eigenvalue weighted by atomic mass is 10.1. The van der Waals surface area contributed by atoms with Gasteiger partial charge in [-0.1, -0.05) is 6.07 Å². The van der Waals surface area contributed by atoms with Crippen molar-refractivity contribution in [2.75, 3.05) is 13.2 Å². The number of ether oxygens (including phenoxy) is 1. The second-order valence-electron chi connectivity index (χ2n) is 7.14. The maximum absolute atomic E-state index is 12.3. The molecule has 0 spiro atoms. The summed E-state index contributed by atoms with van der Waals surface area (Å²) in [6, 6.07) is 9.29. The number of rotatable bonds is 8. The van der Waals surface area contributed by atoms with Crippen LogP contribution in [0, 0.1) is 0 Å². The highest BCUT2D eigenvalue weighted by Crippen LogP contribution is 2.14. The Morgan fingerprint density at radius 3 is 2.36 bits per heavy atom. The number of carbonyl (C=O) groups excluding carboxylic acids is 2. The van der Waals surface area contributed by atoms with Crippen LogP contribution < -0.4 is 10.0 Å². The van der Waals surface area contributed by atoms with Gasteiger partial charge in [0.25, 0.3) is 5.91 Å². The highest BCUT2D eigenvalue weighted by molar-refractivity contribution is 7.89. The van der Waals surface area contributed by atoms with E-state index in [4.69, 9.17) is 4.74 Å².